The first kappa shape index (κ1) is 27.7. The number of nitrogens with zero attached hydrogens (tertiary/aromatic N) is 3. The molecule has 1 N–H and O–H groups in total. The van der Waals surface area contributed by atoms with E-state index in [2.05, 4.69) is 16.8 Å². The largest absolute Gasteiger partial charge is 0.472 e. The number of hydrogen-bond acceptors (Lipinski definition) is 5. The molecule has 2 aromatic carbocycles. The van der Waals surface area contributed by atoms with Gasteiger partial charge in [0, 0.05) is 36.8 Å². The zero-order valence-corrected chi connectivity index (χ0v) is 21.9. The Hall–Kier alpha value is -4.29. The molecule has 0 aliphatic carbocycles. The molecule has 3 atom stereocenters. The van der Waals surface area contributed by atoms with Gasteiger partial charge in [-0.2, -0.15) is 0 Å². The number of aliphatic hydroxyl groups excluding tert-OH is 1. The fraction of sp³-hybridized carbons (Fsp3) is 0.300. The van der Waals surface area contributed by atoms with Crippen molar-refractivity contribution in [3.05, 3.63) is 94.7 Å². The van der Waals surface area contributed by atoms with Crippen LogP contribution in [0.3, 0.4) is 0 Å². The second-order valence-electron chi connectivity index (χ2n) is 9.62. The van der Waals surface area contributed by atoms with Crippen molar-refractivity contribution in [3.63, 3.8) is 0 Å². The third kappa shape index (κ3) is 6.41. The van der Waals surface area contributed by atoms with Gasteiger partial charge in [0.25, 0.3) is 11.8 Å². The number of likely N-dealkylation sites (N-methyl/N-ethyl adjacent to an activating group) is 1. The molecule has 0 fully saturated rings. The third-order valence-electron chi connectivity index (χ3n) is 6.62. The number of rotatable bonds is 5. The lowest BCUT2D eigenvalue weighted by Crippen LogP contribution is -2.50. The number of carbonyl (C=O) groups excluding carboxylic acids is 2. The number of benzene rings is 2. The Balaban J connectivity index is 1.65. The fourth-order valence-corrected chi connectivity index (χ4v) is 4.26. The monoisotopic (exact) mass is 533 g/mol. The summed E-state index contributed by atoms with van der Waals surface area (Å²) in [5, 5.41) is 9.84. The van der Waals surface area contributed by atoms with Crippen molar-refractivity contribution in [3.8, 4) is 17.7 Å². The molecular formula is C30H29F2N3O4. The van der Waals surface area contributed by atoms with Crippen molar-refractivity contribution in [2.24, 2.45) is 5.92 Å². The molecule has 0 saturated heterocycles. The van der Waals surface area contributed by atoms with Gasteiger partial charge in [0.15, 0.2) is 0 Å². The van der Waals surface area contributed by atoms with Gasteiger partial charge in [-0.15, -0.1) is 0 Å². The van der Waals surface area contributed by atoms with E-state index in [9.17, 15) is 23.5 Å². The van der Waals surface area contributed by atoms with Gasteiger partial charge < -0.3 is 19.6 Å². The second kappa shape index (κ2) is 12.0. The summed E-state index contributed by atoms with van der Waals surface area (Å²) in [6, 6.07) is 12.6. The van der Waals surface area contributed by atoms with Gasteiger partial charge in [0.1, 0.15) is 23.3 Å². The number of pyridine rings is 1. The van der Waals surface area contributed by atoms with E-state index in [4.69, 9.17) is 4.74 Å². The van der Waals surface area contributed by atoms with Crippen LogP contribution in [0.2, 0.25) is 0 Å². The predicted molar refractivity (Wildman–Crippen MR) is 141 cm³/mol. The van der Waals surface area contributed by atoms with Crippen molar-refractivity contribution >= 4 is 11.8 Å². The number of ether oxygens (including phenoxy) is 1. The molecule has 1 aliphatic rings. The molecule has 9 heteroatoms. The van der Waals surface area contributed by atoms with Crippen LogP contribution in [0.15, 0.2) is 60.8 Å². The molecule has 0 unspecified atom stereocenters. The standard InChI is InChI=1S/C30H29F2N3O4/c1-19-16-35(20(2)18-36)30(38)25-14-22(9-8-21-10-12-23(31)13-11-21)15-33-28(25)39-27(19)17-34(3)29(37)24-6-4-5-7-26(24)32/h4-7,10-15,19-20,27,36H,16-18H2,1-3H3/t19-,20-,27+/m0/s1. The molecule has 0 bridgehead atoms. The van der Waals surface area contributed by atoms with Crippen LogP contribution in [-0.2, 0) is 0 Å². The zero-order chi connectivity index (χ0) is 28.1. The summed E-state index contributed by atoms with van der Waals surface area (Å²) in [6.45, 7) is 3.72. The number of aliphatic hydroxyl groups is 1. The molecular weight excluding hydrogens is 504 g/mol. The Kier molecular flexibility index (Phi) is 8.57. The SMILES string of the molecule is C[C@H]1CN([C@@H](C)CO)C(=O)c2cc(C#Cc3ccc(F)cc3)cnc2O[C@@H]1CN(C)C(=O)c1ccccc1F. The molecule has 3 aromatic rings. The first-order valence-electron chi connectivity index (χ1n) is 12.5. The van der Waals surface area contributed by atoms with Gasteiger partial charge >= 0.3 is 0 Å². The van der Waals surface area contributed by atoms with E-state index < -0.39 is 23.9 Å². The lowest BCUT2D eigenvalue weighted by Gasteiger charge is -2.37. The van der Waals surface area contributed by atoms with E-state index in [0.717, 1.165) is 0 Å². The summed E-state index contributed by atoms with van der Waals surface area (Å²) in [7, 11) is 1.56. The summed E-state index contributed by atoms with van der Waals surface area (Å²) in [4.78, 5) is 33.8. The van der Waals surface area contributed by atoms with Crippen LogP contribution in [0.1, 0.15) is 45.7 Å². The Morgan fingerprint density at radius 3 is 2.56 bits per heavy atom. The number of amides is 2. The molecule has 1 aliphatic heterocycles. The molecule has 2 heterocycles. The van der Waals surface area contributed by atoms with Crippen LogP contribution in [-0.4, -0.2) is 70.6 Å². The summed E-state index contributed by atoms with van der Waals surface area (Å²) in [5.41, 5.74) is 1.16. The molecule has 0 spiro atoms. The van der Waals surface area contributed by atoms with E-state index >= 15 is 0 Å². The predicted octanol–water partition coefficient (Wildman–Crippen LogP) is 3.75. The molecule has 0 radical (unpaired) electrons. The highest BCUT2D eigenvalue weighted by Gasteiger charge is 2.35. The van der Waals surface area contributed by atoms with E-state index in [0.29, 0.717) is 11.1 Å². The maximum atomic E-state index is 14.2. The average molecular weight is 534 g/mol. The number of carbonyl (C=O) groups is 2. The Labute approximate surface area is 226 Å². The average Bonchev–Trinajstić information content (AvgIpc) is 2.94. The van der Waals surface area contributed by atoms with Gasteiger partial charge in [-0.1, -0.05) is 30.9 Å². The van der Waals surface area contributed by atoms with Crippen LogP contribution in [0.5, 0.6) is 5.88 Å². The summed E-state index contributed by atoms with van der Waals surface area (Å²) in [6.07, 6.45) is 0.884. The molecule has 7 nitrogen and oxygen atoms in total. The van der Waals surface area contributed by atoms with Crippen molar-refractivity contribution < 1.29 is 28.2 Å². The highest BCUT2D eigenvalue weighted by Crippen LogP contribution is 2.27. The zero-order valence-electron chi connectivity index (χ0n) is 21.9. The van der Waals surface area contributed by atoms with E-state index in [-0.39, 0.29) is 54.3 Å². The van der Waals surface area contributed by atoms with Crippen LogP contribution < -0.4 is 4.74 Å². The van der Waals surface area contributed by atoms with Gasteiger partial charge in [-0.3, -0.25) is 9.59 Å². The van der Waals surface area contributed by atoms with Gasteiger partial charge in [0.05, 0.1) is 24.8 Å². The molecule has 39 heavy (non-hydrogen) atoms. The molecule has 202 valence electrons. The maximum absolute atomic E-state index is 14.2. The van der Waals surface area contributed by atoms with E-state index in [1.165, 1.54) is 41.4 Å². The maximum Gasteiger partial charge on any atom is 0.259 e. The van der Waals surface area contributed by atoms with Crippen molar-refractivity contribution in [2.75, 3.05) is 26.7 Å². The molecule has 0 saturated carbocycles. The number of hydrogen-bond donors (Lipinski definition) is 1. The number of aromatic nitrogens is 1. The quantitative estimate of drug-likeness (QED) is 0.506. The molecule has 2 amide bonds. The summed E-state index contributed by atoms with van der Waals surface area (Å²) < 4.78 is 33.6. The fourth-order valence-electron chi connectivity index (χ4n) is 4.26. The Morgan fingerprint density at radius 2 is 1.87 bits per heavy atom. The second-order valence-corrected chi connectivity index (χ2v) is 9.62. The van der Waals surface area contributed by atoms with Crippen molar-refractivity contribution in [2.45, 2.75) is 26.0 Å². The number of fused-ring (bicyclic) bond motifs is 1. The minimum atomic E-state index is -0.615. The molecule has 4 rings (SSSR count). The van der Waals surface area contributed by atoms with E-state index in [1.807, 2.05) is 6.92 Å². The van der Waals surface area contributed by atoms with Crippen molar-refractivity contribution in [1.29, 1.82) is 0 Å². The van der Waals surface area contributed by atoms with Crippen LogP contribution >= 0.6 is 0 Å². The van der Waals surface area contributed by atoms with Crippen LogP contribution in [0.4, 0.5) is 8.78 Å². The topological polar surface area (TPSA) is 83.0 Å². The normalized spacial score (nSPS) is 17.6. The highest BCUT2D eigenvalue weighted by atomic mass is 19.1. The smallest absolute Gasteiger partial charge is 0.259 e. The minimum Gasteiger partial charge on any atom is -0.472 e. The summed E-state index contributed by atoms with van der Waals surface area (Å²) in [5.74, 6) is 3.82. The first-order valence-corrected chi connectivity index (χ1v) is 12.5. The first-order chi connectivity index (χ1) is 18.7. The lowest BCUT2D eigenvalue weighted by molar-refractivity contribution is 0.0312. The lowest BCUT2D eigenvalue weighted by atomic mass is 9.99. The van der Waals surface area contributed by atoms with Crippen LogP contribution in [0.25, 0.3) is 0 Å². The number of halogens is 2. The van der Waals surface area contributed by atoms with Gasteiger partial charge in [0.2, 0.25) is 5.88 Å². The highest BCUT2D eigenvalue weighted by molar-refractivity contribution is 5.97. The molecule has 1 aromatic heterocycles. The minimum absolute atomic E-state index is 0.0490. The van der Waals surface area contributed by atoms with Gasteiger partial charge in [-0.05, 0) is 49.4 Å². The summed E-state index contributed by atoms with van der Waals surface area (Å²) >= 11 is 0. The van der Waals surface area contributed by atoms with Crippen LogP contribution in [0, 0.1) is 29.4 Å². The van der Waals surface area contributed by atoms with Crippen molar-refractivity contribution in [1.82, 2.24) is 14.8 Å². The van der Waals surface area contributed by atoms with E-state index in [1.54, 1.807) is 43.1 Å². The Morgan fingerprint density at radius 1 is 1.18 bits per heavy atom. The van der Waals surface area contributed by atoms with Gasteiger partial charge in [-0.25, -0.2) is 13.8 Å². The Bertz CT molecular complexity index is 1420. The third-order valence-corrected chi connectivity index (χ3v) is 6.62.